The molecule has 0 aliphatic heterocycles. The number of aromatic nitrogens is 3. The van der Waals surface area contributed by atoms with Gasteiger partial charge in [-0.3, -0.25) is 4.90 Å². The first-order chi connectivity index (χ1) is 11.4. The quantitative estimate of drug-likeness (QED) is 0.734. The number of benzene rings is 1. The van der Waals surface area contributed by atoms with Crippen LogP contribution in [0.5, 0.6) is 0 Å². The summed E-state index contributed by atoms with van der Waals surface area (Å²) in [6, 6.07) is 5.34. The van der Waals surface area contributed by atoms with Crippen LogP contribution in [0.2, 0.25) is 10.0 Å². The van der Waals surface area contributed by atoms with Gasteiger partial charge in [-0.15, -0.1) is 0 Å². The van der Waals surface area contributed by atoms with E-state index in [0.717, 1.165) is 24.6 Å². The summed E-state index contributed by atoms with van der Waals surface area (Å²) in [6.45, 7) is 8.20. The highest BCUT2D eigenvalue weighted by atomic mass is 35.5. The van der Waals surface area contributed by atoms with E-state index in [0.29, 0.717) is 16.6 Å². The first kappa shape index (κ1) is 20.6. The van der Waals surface area contributed by atoms with Gasteiger partial charge in [-0.25, -0.2) is 9.67 Å². The molecule has 9 heteroatoms. The Kier molecular flexibility index (Phi) is 8.99. The van der Waals surface area contributed by atoms with E-state index < -0.39 is 10.3 Å². The zero-order valence-electron chi connectivity index (χ0n) is 13.8. The Morgan fingerprint density at radius 1 is 1.21 bits per heavy atom. The molecule has 132 valence electrons. The van der Waals surface area contributed by atoms with Gasteiger partial charge in [-0.05, 0) is 38.2 Å². The Labute approximate surface area is 153 Å². The zero-order chi connectivity index (χ0) is 18.1. The molecule has 0 amide bonds. The molecule has 24 heavy (non-hydrogen) atoms. The maximum atomic E-state index is 10.1. The van der Waals surface area contributed by atoms with Crippen LogP contribution in [-0.2, 0) is 10.3 Å². The molecule has 0 aliphatic rings. The summed E-state index contributed by atoms with van der Waals surface area (Å²) >= 11 is 11.7. The van der Waals surface area contributed by atoms with E-state index >= 15 is 0 Å². The van der Waals surface area contributed by atoms with E-state index in [1.165, 1.54) is 11.7 Å². The Bertz CT molecular complexity index is 779. The summed E-state index contributed by atoms with van der Waals surface area (Å²) in [4.78, 5) is 6.04. The first-order valence-electron chi connectivity index (χ1n) is 7.34. The van der Waals surface area contributed by atoms with Crippen LogP contribution in [0.15, 0.2) is 24.5 Å². The molecule has 0 N–H and O–H groups in total. The number of rotatable bonds is 5. The summed E-state index contributed by atoms with van der Waals surface area (Å²) in [5.41, 5.74) is 0.856. The van der Waals surface area contributed by atoms with Crippen molar-refractivity contribution >= 4 is 38.9 Å². The highest BCUT2D eigenvalue weighted by Gasteiger charge is 2.04. The second kappa shape index (κ2) is 10.5. The lowest BCUT2D eigenvalue weighted by atomic mass is 10.3. The minimum Gasteiger partial charge on any atom is -0.299 e. The van der Waals surface area contributed by atoms with Crippen molar-refractivity contribution in [3.05, 3.63) is 40.4 Å². The molecule has 0 saturated heterocycles. The van der Waals surface area contributed by atoms with Crippen molar-refractivity contribution in [1.82, 2.24) is 19.7 Å². The van der Waals surface area contributed by atoms with E-state index in [2.05, 4.69) is 10.1 Å². The minimum atomic E-state index is -2.01. The highest BCUT2D eigenvalue weighted by molar-refractivity contribution is 7.71. The van der Waals surface area contributed by atoms with Gasteiger partial charge in [-0.2, -0.15) is 13.5 Å². The number of hydrogen-bond acceptors (Lipinski definition) is 5. The molecule has 0 bridgehead atoms. The highest BCUT2D eigenvalue weighted by Crippen LogP contribution is 2.24. The molecule has 1 aromatic heterocycles. The molecule has 2 aromatic rings. The lowest BCUT2D eigenvalue weighted by molar-refractivity contribution is 0.351. The van der Waals surface area contributed by atoms with Crippen LogP contribution in [0.25, 0.3) is 5.69 Å². The molecule has 0 fully saturated rings. The van der Waals surface area contributed by atoms with Crippen molar-refractivity contribution in [3.8, 4) is 5.69 Å². The van der Waals surface area contributed by atoms with Gasteiger partial charge < -0.3 is 0 Å². The van der Waals surface area contributed by atoms with Crippen LogP contribution >= 0.6 is 23.2 Å². The van der Waals surface area contributed by atoms with Crippen molar-refractivity contribution in [2.45, 2.75) is 20.8 Å². The van der Waals surface area contributed by atoms with E-state index in [1.54, 1.807) is 16.8 Å². The average molecular weight is 391 g/mol. The van der Waals surface area contributed by atoms with Crippen LogP contribution in [-0.4, -0.2) is 53.1 Å². The minimum absolute atomic E-state index is 0.513. The van der Waals surface area contributed by atoms with Gasteiger partial charge in [0.2, 0.25) is 10.3 Å². The fourth-order valence-electron chi connectivity index (χ4n) is 1.82. The molecule has 1 aromatic carbocycles. The van der Waals surface area contributed by atoms with Crippen LogP contribution < -0.4 is 0 Å². The predicted molar refractivity (Wildman–Crippen MR) is 98.9 cm³/mol. The maximum Gasteiger partial charge on any atom is 0.211 e. The van der Waals surface area contributed by atoms with Gasteiger partial charge in [-0.1, -0.05) is 37.0 Å². The zero-order valence-corrected chi connectivity index (χ0v) is 16.1. The predicted octanol–water partition coefficient (Wildman–Crippen LogP) is 2.89. The van der Waals surface area contributed by atoms with E-state index in [9.17, 15) is 8.42 Å². The van der Waals surface area contributed by atoms with Gasteiger partial charge in [0.15, 0.2) is 0 Å². The SMILES string of the molecule is CCN(CC)CC=S(=O)=O.Cc1ncnn1-c1ccc(Cl)c(Cl)c1. The second-order valence-electron chi connectivity index (χ2n) is 4.73. The fraction of sp³-hybridized carbons (Fsp3) is 0.400. The second-order valence-corrected chi connectivity index (χ2v) is 6.40. The molecular weight excluding hydrogens is 371 g/mol. The third kappa shape index (κ3) is 6.60. The monoisotopic (exact) mass is 390 g/mol. The summed E-state index contributed by atoms with van der Waals surface area (Å²) < 4.78 is 21.8. The molecule has 0 radical (unpaired) electrons. The number of halogens is 2. The molecule has 0 spiro atoms. The van der Waals surface area contributed by atoms with E-state index in [1.807, 2.05) is 31.7 Å². The molecular formula is C15H20Cl2N4O2S. The third-order valence-electron chi connectivity index (χ3n) is 3.23. The van der Waals surface area contributed by atoms with Gasteiger partial charge in [0, 0.05) is 11.9 Å². The Morgan fingerprint density at radius 3 is 2.33 bits per heavy atom. The molecule has 0 atom stereocenters. The van der Waals surface area contributed by atoms with Crippen molar-refractivity contribution in [2.24, 2.45) is 0 Å². The lowest BCUT2D eigenvalue weighted by Crippen LogP contribution is -2.24. The Hall–Kier alpha value is -1.41. The van der Waals surface area contributed by atoms with Gasteiger partial charge in [0.25, 0.3) is 0 Å². The summed E-state index contributed by atoms with van der Waals surface area (Å²) in [5.74, 6) is 0.809. The third-order valence-corrected chi connectivity index (χ3v) is 4.39. The number of nitrogens with zero attached hydrogens (tertiary/aromatic N) is 4. The lowest BCUT2D eigenvalue weighted by Gasteiger charge is -2.13. The van der Waals surface area contributed by atoms with E-state index in [4.69, 9.17) is 23.2 Å². The van der Waals surface area contributed by atoms with Crippen LogP contribution in [0.1, 0.15) is 19.7 Å². The van der Waals surface area contributed by atoms with Crippen molar-refractivity contribution < 1.29 is 8.42 Å². The standard InChI is InChI=1S/C9H7Cl2N3.C6H13NO2S/c1-6-12-5-13-14(6)7-2-3-8(10)9(11)4-7;1-3-7(4-2)5-6-10(8)9/h2-5H,1H3;6H,3-5H2,1-2H3. The maximum absolute atomic E-state index is 10.1. The Balaban J connectivity index is 0.000000257. The van der Waals surface area contributed by atoms with Gasteiger partial charge in [0.05, 0.1) is 15.7 Å². The topological polar surface area (TPSA) is 68.1 Å². The molecule has 0 saturated carbocycles. The van der Waals surface area contributed by atoms with Crippen molar-refractivity contribution in [1.29, 1.82) is 0 Å². The van der Waals surface area contributed by atoms with Gasteiger partial charge in [0.1, 0.15) is 12.2 Å². The first-order valence-corrected chi connectivity index (χ1v) is 9.24. The summed E-state index contributed by atoms with van der Waals surface area (Å²) in [5, 5.41) is 6.38. The van der Waals surface area contributed by atoms with Crippen molar-refractivity contribution in [2.75, 3.05) is 19.6 Å². The van der Waals surface area contributed by atoms with Crippen LogP contribution in [0.4, 0.5) is 0 Å². The molecule has 0 aliphatic carbocycles. The molecule has 2 rings (SSSR count). The van der Waals surface area contributed by atoms with Gasteiger partial charge >= 0.3 is 0 Å². The molecule has 0 unspecified atom stereocenters. The van der Waals surface area contributed by atoms with Crippen LogP contribution in [0, 0.1) is 6.92 Å². The summed E-state index contributed by atoms with van der Waals surface area (Å²) in [6.07, 6.45) is 1.50. The number of aryl methyl sites for hydroxylation is 1. The van der Waals surface area contributed by atoms with E-state index in [-0.39, 0.29) is 0 Å². The largest absolute Gasteiger partial charge is 0.299 e. The molecule has 6 nitrogen and oxygen atoms in total. The number of hydrogen-bond donors (Lipinski definition) is 0. The van der Waals surface area contributed by atoms with Crippen LogP contribution in [0.3, 0.4) is 0 Å². The average Bonchev–Trinajstić information content (AvgIpc) is 2.97. The smallest absolute Gasteiger partial charge is 0.211 e. The Morgan fingerprint density at radius 2 is 1.88 bits per heavy atom. The fourth-order valence-corrected chi connectivity index (χ4v) is 2.44. The van der Waals surface area contributed by atoms with Crippen molar-refractivity contribution in [3.63, 3.8) is 0 Å². The summed E-state index contributed by atoms with van der Waals surface area (Å²) in [7, 11) is -2.01. The normalized spacial score (nSPS) is 10.2. The molecule has 1 heterocycles.